The maximum atomic E-state index is 14.0. The normalized spacial score (nSPS) is 13.8. The monoisotopic (exact) mass is 327 g/mol. The van der Waals surface area contributed by atoms with Crippen LogP contribution in [0.15, 0.2) is 28.6 Å². The van der Waals surface area contributed by atoms with Crippen LogP contribution >= 0.6 is 11.3 Å². The lowest BCUT2D eigenvalue weighted by molar-refractivity contribution is 0.483. The third-order valence-electron chi connectivity index (χ3n) is 2.35. The summed E-state index contributed by atoms with van der Waals surface area (Å²) in [5.74, 6) is 2.23. The van der Waals surface area contributed by atoms with Gasteiger partial charge in [-0.3, -0.25) is 0 Å². The standard InChI is InChI=1S/C13H14FNO2S2Si/c1-20(2,3)9-8-12(14)19(16,17)13-15-10-6-4-5-7-11(10)18-13/h4-7,12H,1-3H3/t12-/m0/s1. The van der Waals surface area contributed by atoms with Gasteiger partial charge in [-0.15, -0.1) is 16.9 Å². The Bertz CT molecular complexity index is 764. The molecule has 0 N–H and O–H groups in total. The molecule has 0 fully saturated rings. The van der Waals surface area contributed by atoms with Crippen LogP contribution in [0.25, 0.3) is 10.2 Å². The highest BCUT2D eigenvalue weighted by Gasteiger charge is 2.29. The van der Waals surface area contributed by atoms with Gasteiger partial charge in [-0.05, 0) is 12.1 Å². The van der Waals surface area contributed by atoms with Crippen molar-refractivity contribution in [3.63, 3.8) is 0 Å². The fourth-order valence-corrected chi connectivity index (χ4v) is 4.38. The quantitative estimate of drug-likeness (QED) is 0.628. The maximum Gasteiger partial charge on any atom is 0.267 e. The first-order valence-electron chi connectivity index (χ1n) is 5.96. The Labute approximate surface area is 122 Å². The molecule has 0 amide bonds. The van der Waals surface area contributed by atoms with Crippen LogP contribution in [0.5, 0.6) is 0 Å². The summed E-state index contributed by atoms with van der Waals surface area (Å²) >= 11 is 0.970. The number of hydrogen-bond donors (Lipinski definition) is 0. The summed E-state index contributed by atoms with van der Waals surface area (Å²) in [6.07, 6.45) is 0. The third kappa shape index (κ3) is 3.26. The Morgan fingerprint density at radius 2 is 1.95 bits per heavy atom. The van der Waals surface area contributed by atoms with Gasteiger partial charge < -0.3 is 0 Å². The van der Waals surface area contributed by atoms with Gasteiger partial charge in [-0.25, -0.2) is 17.8 Å². The van der Waals surface area contributed by atoms with Crippen LogP contribution in [0.1, 0.15) is 0 Å². The molecule has 20 heavy (non-hydrogen) atoms. The molecule has 0 radical (unpaired) electrons. The van der Waals surface area contributed by atoms with E-state index in [1.807, 2.05) is 19.6 Å². The number of rotatable bonds is 2. The van der Waals surface area contributed by atoms with E-state index < -0.39 is 23.4 Å². The van der Waals surface area contributed by atoms with E-state index in [9.17, 15) is 12.8 Å². The molecule has 0 unspecified atom stereocenters. The van der Waals surface area contributed by atoms with Crippen molar-refractivity contribution in [3.05, 3.63) is 24.3 Å². The van der Waals surface area contributed by atoms with Crippen LogP contribution in [-0.4, -0.2) is 27.0 Å². The first-order valence-corrected chi connectivity index (χ1v) is 11.8. The molecular weight excluding hydrogens is 313 g/mol. The molecule has 0 spiro atoms. The van der Waals surface area contributed by atoms with Gasteiger partial charge in [0.2, 0.25) is 14.2 Å². The number of hydrogen-bond acceptors (Lipinski definition) is 4. The Kier molecular flexibility index (Phi) is 4.00. The number of halogens is 1. The number of para-hydroxylation sites is 1. The molecule has 0 bridgehead atoms. The lowest BCUT2D eigenvalue weighted by Crippen LogP contribution is -2.20. The molecule has 1 aromatic carbocycles. The van der Waals surface area contributed by atoms with Crippen molar-refractivity contribution in [3.8, 4) is 11.5 Å². The highest BCUT2D eigenvalue weighted by Crippen LogP contribution is 2.27. The van der Waals surface area contributed by atoms with Crippen molar-refractivity contribution in [1.29, 1.82) is 0 Å². The fourth-order valence-electron chi connectivity index (χ4n) is 1.41. The molecule has 0 saturated carbocycles. The Balaban J connectivity index is 2.41. The van der Waals surface area contributed by atoms with E-state index in [1.54, 1.807) is 24.3 Å². The summed E-state index contributed by atoms with van der Waals surface area (Å²) in [5, 5.41) is 0. The summed E-state index contributed by atoms with van der Waals surface area (Å²) in [4.78, 5) is 3.98. The molecule has 0 aliphatic rings. The number of benzene rings is 1. The van der Waals surface area contributed by atoms with E-state index in [2.05, 4.69) is 16.4 Å². The topological polar surface area (TPSA) is 47.0 Å². The zero-order chi connectivity index (χ0) is 15.0. The van der Waals surface area contributed by atoms with Crippen LogP contribution in [0, 0.1) is 11.5 Å². The van der Waals surface area contributed by atoms with Gasteiger partial charge in [-0.1, -0.05) is 37.7 Å². The number of fused-ring (bicyclic) bond motifs is 1. The van der Waals surface area contributed by atoms with Crippen molar-refractivity contribution in [2.75, 3.05) is 0 Å². The number of sulfone groups is 1. The molecule has 7 heteroatoms. The van der Waals surface area contributed by atoms with Gasteiger partial charge in [0.25, 0.3) is 5.50 Å². The van der Waals surface area contributed by atoms with Crippen molar-refractivity contribution in [2.24, 2.45) is 0 Å². The van der Waals surface area contributed by atoms with Crippen LogP contribution in [-0.2, 0) is 9.84 Å². The minimum absolute atomic E-state index is 0.212. The van der Waals surface area contributed by atoms with Gasteiger partial charge in [0.15, 0.2) is 0 Å². The van der Waals surface area contributed by atoms with E-state index >= 15 is 0 Å². The number of aromatic nitrogens is 1. The molecule has 0 saturated heterocycles. The lowest BCUT2D eigenvalue weighted by atomic mass is 10.3. The highest BCUT2D eigenvalue weighted by atomic mass is 32.2. The summed E-state index contributed by atoms with van der Waals surface area (Å²) in [6, 6.07) is 7.00. The van der Waals surface area contributed by atoms with Crippen LogP contribution in [0.3, 0.4) is 0 Å². The number of nitrogens with zero attached hydrogens (tertiary/aromatic N) is 1. The zero-order valence-electron chi connectivity index (χ0n) is 11.3. The molecule has 106 valence electrons. The van der Waals surface area contributed by atoms with E-state index in [0.29, 0.717) is 5.52 Å². The summed E-state index contributed by atoms with van der Waals surface area (Å²) < 4.78 is 38.7. The molecule has 1 heterocycles. The average Bonchev–Trinajstić information content (AvgIpc) is 2.79. The van der Waals surface area contributed by atoms with Crippen LogP contribution < -0.4 is 0 Å². The zero-order valence-corrected chi connectivity index (χ0v) is 14.0. The average molecular weight is 327 g/mol. The molecule has 1 atom stereocenters. The first-order chi connectivity index (χ1) is 9.20. The second-order valence-corrected chi connectivity index (χ2v) is 13.3. The minimum Gasteiger partial charge on any atom is -0.225 e. The molecular formula is C13H14FNO2S2Si. The van der Waals surface area contributed by atoms with Crippen LogP contribution in [0.2, 0.25) is 19.6 Å². The van der Waals surface area contributed by atoms with Gasteiger partial charge in [0.05, 0.1) is 10.2 Å². The van der Waals surface area contributed by atoms with Crippen LogP contribution in [0.4, 0.5) is 4.39 Å². The van der Waals surface area contributed by atoms with Crippen molar-refractivity contribution in [2.45, 2.75) is 29.5 Å². The second kappa shape index (κ2) is 5.28. The van der Waals surface area contributed by atoms with Crippen molar-refractivity contribution < 1.29 is 12.8 Å². The third-order valence-corrected chi connectivity index (χ3v) is 6.26. The summed E-state index contributed by atoms with van der Waals surface area (Å²) in [5.41, 5.74) is 1.09. The van der Waals surface area contributed by atoms with Crippen molar-refractivity contribution in [1.82, 2.24) is 4.98 Å². The molecule has 1 aromatic heterocycles. The molecule has 3 nitrogen and oxygen atoms in total. The number of alkyl halides is 1. The predicted molar refractivity (Wildman–Crippen MR) is 82.8 cm³/mol. The molecule has 0 aliphatic carbocycles. The minimum atomic E-state index is -4.13. The number of thiazole rings is 1. The van der Waals surface area contributed by atoms with Crippen molar-refractivity contribution >= 4 is 39.5 Å². The summed E-state index contributed by atoms with van der Waals surface area (Å²) in [6.45, 7) is 5.78. The van der Waals surface area contributed by atoms with E-state index in [-0.39, 0.29) is 4.34 Å². The second-order valence-electron chi connectivity index (χ2n) is 5.33. The Hall–Kier alpha value is -1.23. The van der Waals surface area contributed by atoms with Gasteiger partial charge in [-0.2, -0.15) is 0 Å². The molecule has 2 rings (SSSR count). The SMILES string of the molecule is C[Si](C)(C)C#C[C@@H](F)S(=O)(=O)c1nc2ccccc2s1. The smallest absolute Gasteiger partial charge is 0.225 e. The Morgan fingerprint density at radius 3 is 2.55 bits per heavy atom. The Morgan fingerprint density at radius 1 is 1.30 bits per heavy atom. The van der Waals surface area contributed by atoms with Gasteiger partial charge in [0.1, 0.15) is 8.07 Å². The highest BCUT2D eigenvalue weighted by molar-refractivity contribution is 7.94. The summed E-state index contributed by atoms with van der Waals surface area (Å²) in [7, 11) is -5.95. The van der Waals surface area contributed by atoms with E-state index in [0.717, 1.165) is 16.0 Å². The maximum absolute atomic E-state index is 14.0. The van der Waals surface area contributed by atoms with E-state index in [1.165, 1.54) is 0 Å². The lowest BCUT2D eigenvalue weighted by Gasteiger charge is -2.05. The predicted octanol–water partition coefficient (Wildman–Crippen LogP) is 3.25. The molecule has 0 aliphatic heterocycles. The van der Waals surface area contributed by atoms with Gasteiger partial charge >= 0.3 is 0 Å². The first kappa shape index (κ1) is 15.2. The largest absolute Gasteiger partial charge is 0.267 e. The van der Waals surface area contributed by atoms with Gasteiger partial charge in [0, 0.05) is 0 Å². The molecule has 2 aromatic rings. The van der Waals surface area contributed by atoms with E-state index in [4.69, 9.17) is 0 Å². The fraction of sp³-hybridized carbons (Fsp3) is 0.308.